The second-order valence-corrected chi connectivity index (χ2v) is 5.64. The van der Waals surface area contributed by atoms with Crippen LogP contribution >= 0.6 is 0 Å². The van der Waals surface area contributed by atoms with Gasteiger partial charge >= 0.3 is 5.97 Å². The maximum Gasteiger partial charge on any atom is 0.328 e. The highest BCUT2D eigenvalue weighted by Crippen LogP contribution is 2.40. The lowest BCUT2D eigenvalue weighted by atomic mass is 9.68. The van der Waals surface area contributed by atoms with E-state index < -0.39 is 12.0 Å². The van der Waals surface area contributed by atoms with Crippen molar-refractivity contribution >= 4 is 11.9 Å². The molecular weight excluding hydrogens is 234 g/mol. The summed E-state index contributed by atoms with van der Waals surface area (Å²) in [6.07, 6.45) is 4.01. The molecule has 0 aromatic carbocycles. The quantitative estimate of drug-likeness (QED) is 0.781. The normalized spacial score (nSPS) is 24.3. The summed E-state index contributed by atoms with van der Waals surface area (Å²) in [6, 6.07) is -0.958. The van der Waals surface area contributed by atoms with E-state index in [1.54, 1.807) is 0 Å². The molecule has 0 saturated heterocycles. The number of ether oxygens (including phenoxy) is 1. The summed E-state index contributed by atoms with van der Waals surface area (Å²) < 4.78 is 4.81. The molecular formula is C13H23NO4. The molecule has 5 nitrogen and oxygen atoms in total. The number of amides is 1. The number of carboxylic acid groups (broad SMARTS) is 1. The first-order chi connectivity index (χ1) is 8.38. The summed E-state index contributed by atoms with van der Waals surface area (Å²) in [7, 11) is 1.42. The number of hydrogen-bond acceptors (Lipinski definition) is 3. The van der Waals surface area contributed by atoms with Crippen LogP contribution < -0.4 is 5.32 Å². The molecule has 1 saturated carbocycles. The number of rotatable bonds is 5. The number of hydrogen-bond donors (Lipinski definition) is 2. The van der Waals surface area contributed by atoms with Gasteiger partial charge in [0.1, 0.15) is 0 Å². The van der Waals surface area contributed by atoms with Gasteiger partial charge in [0.2, 0.25) is 5.91 Å². The number of methoxy groups -OCH3 is 1. The zero-order valence-corrected chi connectivity index (χ0v) is 11.4. The molecule has 0 bridgehead atoms. The van der Waals surface area contributed by atoms with Crippen molar-refractivity contribution < 1.29 is 19.4 Å². The van der Waals surface area contributed by atoms with Crippen LogP contribution in [0.4, 0.5) is 0 Å². The Hall–Kier alpha value is -1.10. The Morgan fingerprint density at radius 1 is 1.44 bits per heavy atom. The van der Waals surface area contributed by atoms with E-state index in [9.17, 15) is 9.59 Å². The van der Waals surface area contributed by atoms with Crippen LogP contribution in [0.5, 0.6) is 0 Å². The van der Waals surface area contributed by atoms with E-state index in [0.717, 1.165) is 25.7 Å². The smallest absolute Gasteiger partial charge is 0.328 e. The van der Waals surface area contributed by atoms with E-state index in [0.29, 0.717) is 0 Å². The fraction of sp³-hybridized carbons (Fsp3) is 0.846. The van der Waals surface area contributed by atoms with Crippen LogP contribution in [0.3, 0.4) is 0 Å². The van der Waals surface area contributed by atoms with Crippen LogP contribution in [0, 0.1) is 11.3 Å². The molecule has 18 heavy (non-hydrogen) atoms. The number of carbonyl (C=O) groups is 2. The molecule has 1 aliphatic carbocycles. The van der Waals surface area contributed by atoms with E-state index >= 15 is 0 Å². The minimum Gasteiger partial charge on any atom is -0.480 e. The molecule has 1 rings (SSSR count). The van der Waals surface area contributed by atoms with Crippen molar-refractivity contribution in [3.63, 3.8) is 0 Å². The third-order valence-electron chi connectivity index (χ3n) is 3.77. The van der Waals surface area contributed by atoms with Crippen LogP contribution in [-0.2, 0) is 14.3 Å². The molecule has 0 spiro atoms. The van der Waals surface area contributed by atoms with E-state index in [4.69, 9.17) is 9.84 Å². The van der Waals surface area contributed by atoms with Crippen molar-refractivity contribution in [3.05, 3.63) is 0 Å². The van der Waals surface area contributed by atoms with Crippen LogP contribution in [-0.4, -0.2) is 36.7 Å². The Bertz CT molecular complexity index is 314. The van der Waals surface area contributed by atoms with Gasteiger partial charge in [0.05, 0.1) is 6.61 Å². The predicted molar refractivity (Wildman–Crippen MR) is 67.2 cm³/mol. The molecule has 2 unspecified atom stereocenters. The lowest BCUT2D eigenvalue weighted by Gasteiger charge is -2.37. The van der Waals surface area contributed by atoms with E-state index in [-0.39, 0.29) is 23.8 Å². The minimum atomic E-state index is -1.06. The number of aliphatic carboxylic acids is 1. The number of carboxylic acids is 1. The molecule has 1 amide bonds. The first kappa shape index (κ1) is 15.0. The maximum absolute atomic E-state index is 12.2. The van der Waals surface area contributed by atoms with Crippen molar-refractivity contribution in [2.24, 2.45) is 11.3 Å². The summed E-state index contributed by atoms with van der Waals surface area (Å²) in [5, 5.41) is 11.6. The van der Waals surface area contributed by atoms with Crippen molar-refractivity contribution in [1.82, 2.24) is 5.32 Å². The summed E-state index contributed by atoms with van der Waals surface area (Å²) in [4.78, 5) is 23.1. The zero-order valence-electron chi connectivity index (χ0n) is 11.4. The average molecular weight is 257 g/mol. The largest absolute Gasteiger partial charge is 0.480 e. The van der Waals surface area contributed by atoms with Crippen LogP contribution in [0.25, 0.3) is 0 Å². The van der Waals surface area contributed by atoms with Crippen LogP contribution in [0.1, 0.15) is 39.5 Å². The fourth-order valence-electron chi connectivity index (χ4n) is 2.59. The second kappa shape index (κ2) is 6.18. The summed E-state index contributed by atoms with van der Waals surface area (Å²) in [5.74, 6) is -1.33. The summed E-state index contributed by atoms with van der Waals surface area (Å²) >= 11 is 0. The van der Waals surface area contributed by atoms with Crippen molar-refractivity contribution in [1.29, 1.82) is 0 Å². The van der Waals surface area contributed by atoms with Gasteiger partial charge in [-0.05, 0) is 18.3 Å². The van der Waals surface area contributed by atoms with Crippen molar-refractivity contribution in [2.75, 3.05) is 13.7 Å². The number of carbonyl (C=O) groups excluding carboxylic acids is 1. The van der Waals surface area contributed by atoms with E-state index in [2.05, 4.69) is 19.2 Å². The van der Waals surface area contributed by atoms with Crippen LogP contribution in [0.15, 0.2) is 0 Å². The van der Waals surface area contributed by atoms with Gasteiger partial charge in [-0.2, -0.15) is 0 Å². The molecule has 1 fully saturated rings. The average Bonchev–Trinajstić information content (AvgIpc) is 2.27. The number of nitrogens with one attached hydrogen (secondary N) is 1. The lowest BCUT2D eigenvalue weighted by molar-refractivity contribution is -0.145. The lowest BCUT2D eigenvalue weighted by Crippen LogP contribution is -2.49. The molecule has 2 atom stereocenters. The zero-order chi connectivity index (χ0) is 13.8. The molecule has 0 aromatic rings. The standard InChI is InChI=1S/C13H23NO4/c1-13(2)7-5-4-6-9(13)11(15)14-10(8-18-3)12(16)17/h9-10H,4-8H2,1-3H3,(H,14,15)(H,16,17). The highest BCUT2D eigenvalue weighted by atomic mass is 16.5. The van der Waals surface area contributed by atoms with E-state index in [1.165, 1.54) is 7.11 Å². The molecule has 0 aromatic heterocycles. The fourth-order valence-corrected chi connectivity index (χ4v) is 2.59. The molecule has 5 heteroatoms. The third kappa shape index (κ3) is 3.70. The molecule has 1 aliphatic rings. The summed E-state index contributed by atoms with van der Waals surface area (Å²) in [5.41, 5.74) is -0.0571. The monoisotopic (exact) mass is 257 g/mol. The van der Waals surface area contributed by atoms with Gasteiger partial charge in [0.15, 0.2) is 6.04 Å². The Kier molecular flexibility index (Phi) is 5.14. The van der Waals surface area contributed by atoms with Crippen LogP contribution in [0.2, 0.25) is 0 Å². The van der Waals surface area contributed by atoms with Gasteiger partial charge in [0, 0.05) is 13.0 Å². The highest BCUT2D eigenvalue weighted by Gasteiger charge is 2.38. The van der Waals surface area contributed by atoms with Crippen molar-refractivity contribution in [2.45, 2.75) is 45.6 Å². The first-order valence-electron chi connectivity index (χ1n) is 6.40. The molecule has 104 valence electrons. The Morgan fingerprint density at radius 2 is 2.11 bits per heavy atom. The van der Waals surface area contributed by atoms with Gasteiger partial charge < -0.3 is 15.2 Å². The molecule has 0 radical (unpaired) electrons. The maximum atomic E-state index is 12.2. The second-order valence-electron chi connectivity index (χ2n) is 5.64. The highest BCUT2D eigenvalue weighted by molar-refractivity contribution is 5.85. The Morgan fingerprint density at radius 3 is 2.61 bits per heavy atom. The predicted octanol–water partition coefficient (Wildman–Crippen LogP) is 1.42. The van der Waals surface area contributed by atoms with Crippen molar-refractivity contribution in [3.8, 4) is 0 Å². The van der Waals surface area contributed by atoms with Gasteiger partial charge in [-0.25, -0.2) is 4.79 Å². The SMILES string of the molecule is COCC(NC(=O)C1CCCCC1(C)C)C(=O)O. The first-order valence-corrected chi connectivity index (χ1v) is 6.40. The van der Waals surface area contributed by atoms with Gasteiger partial charge in [-0.1, -0.05) is 26.7 Å². The van der Waals surface area contributed by atoms with Gasteiger partial charge in [-0.3, -0.25) is 4.79 Å². The molecule has 2 N–H and O–H groups in total. The summed E-state index contributed by atoms with van der Waals surface area (Å²) in [6.45, 7) is 4.14. The van der Waals surface area contributed by atoms with E-state index in [1.807, 2.05) is 0 Å². The third-order valence-corrected chi connectivity index (χ3v) is 3.77. The molecule has 0 heterocycles. The van der Waals surface area contributed by atoms with Gasteiger partial charge in [0.25, 0.3) is 0 Å². The Balaban J connectivity index is 2.65. The minimum absolute atomic E-state index is 0.00573. The topological polar surface area (TPSA) is 75.6 Å². The van der Waals surface area contributed by atoms with Gasteiger partial charge in [-0.15, -0.1) is 0 Å². The molecule has 0 aliphatic heterocycles. The Labute approximate surface area is 108 Å².